The Hall–Kier alpha value is -0.490. The lowest BCUT2D eigenvalue weighted by Gasteiger charge is -2.07. The average molecular weight is 274 g/mol. The molecule has 12 heavy (non-hydrogen) atoms. The van der Waals surface area contributed by atoms with E-state index in [0.29, 0.717) is 12.6 Å². The monoisotopic (exact) mass is 274 g/mol. The van der Waals surface area contributed by atoms with Crippen molar-refractivity contribution in [2.75, 3.05) is 6.54 Å². The van der Waals surface area contributed by atoms with E-state index in [9.17, 15) is 0 Å². The summed E-state index contributed by atoms with van der Waals surface area (Å²) < 4.78 is 3.31. The van der Waals surface area contributed by atoms with Crippen molar-refractivity contribution in [1.82, 2.24) is 0 Å². The van der Waals surface area contributed by atoms with Crippen molar-refractivity contribution in [3.05, 3.63) is 21.9 Å². The molecule has 62 valence electrons. The van der Waals surface area contributed by atoms with Crippen LogP contribution < -0.4 is 5.73 Å². The summed E-state index contributed by atoms with van der Waals surface area (Å²) in [5.74, 6) is 0.943. The van der Waals surface area contributed by atoms with Crippen LogP contribution in [0.4, 0.5) is 0 Å². The Morgan fingerprint density at radius 2 is 2.50 bits per heavy atom. The molecule has 0 aliphatic carbocycles. The zero-order chi connectivity index (χ0) is 8.55. The summed E-state index contributed by atoms with van der Waals surface area (Å²) in [6, 6.07) is 0.294. The first kappa shape index (κ1) is 8.12. The third-order valence-corrected chi connectivity index (χ3v) is 2.53. The fraction of sp³-hybridized carbons (Fsp3) is 0.250. The molecule has 2 aliphatic rings. The molecule has 3 nitrogen and oxygen atoms in total. The number of rotatable bonds is 1. The molecule has 2 heterocycles. The van der Waals surface area contributed by atoms with Crippen molar-refractivity contribution in [3.8, 4) is 0 Å². The highest BCUT2D eigenvalue weighted by Crippen LogP contribution is 2.16. The number of nitrogens with zero attached hydrogens (tertiary/aromatic N) is 2. The Morgan fingerprint density at radius 3 is 3.25 bits per heavy atom. The van der Waals surface area contributed by atoms with Crippen LogP contribution in [-0.2, 0) is 0 Å². The molecule has 1 unspecified atom stereocenters. The number of halogens is 1. The highest BCUT2D eigenvalue weighted by molar-refractivity contribution is 14.1. The van der Waals surface area contributed by atoms with Gasteiger partial charge in [-0.3, -0.25) is 0 Å². The van der Waals surface area contributed by atoms with E-state index in [1.165, 1.54) is 3.58 Å². The van der Waals surface area contributed by atoms with Gasteiger partial charge < -0.3 is 5.73 Å². The summed E-state index contributed by atoms with van der Waals surface area (Å²) in [4.78, 5) is 4.23. The summed E-state index contributed by atoms with van der Waals surface area (Å²) in [7, 11) is 0. The quantitative estimate of drug-likeness (QED) is 0.553. The second kappa shape index (κ2) is 3.10. The van der Waals surface area contributed by atoms with Crippen molar-refractivity contribution in [1.29, 1.82) is 0 Å². The summed E-state index contributed by atoms with van der Waals surface area (Å²) in [6.45, 7) is 0.501. The van der Waals surface area contributed by atoms with Crippen molar-refractivity contribution < 1.29 is 4.58 Å². The highest BCUT2D eigenvalue weighted by atomic mass is 127. The van der Waals surface area contributed by atoms with Crippen LogP contribution in [0.2, 0.25) is 0 Å². The summed E-state index contributed by atoms with van der Waals surface area (Å²) >= 11 is 2.28. The molecule has 0 fully saturated rings. The molecule has 0 spiro atoms. The van der Waals surface area contributed by atoms with Crippen LogP contribution in [0.5, 0.6) is 0 Å². The molecule has 0 bridgehead atoms. The van der Waals surface area contributed by atoms with Gasteiger partial charge in [-0.05, 0) is 34.7 Å². The van der Waals surface area contributed by atoms with Gasteiger partial charge in [0.25, 0.3) is 0 Å². The van der Waals surface area contributed by atoms with Crippen molar-refractivity contribution >= 4 is 34.6 Å². The lowest BCUT2D eigenvalue weighted by molar-refractivity contribution is -0.465. The van der Waals surface area contributed by atoms with Crippen LogP contribution in [-0.4, -0.2) is 29.2 Å². The summed E-state index contributed by atoms with van der Waals surface area (Å²) in [5, 5.41) is 0. The Balaban J connectivity index is 2.41. The Bertz CT molecular complexity index is 325. The molecule has 4 heteroatoms. The molecule has 2 N–H and O–H groups in total. The number of hydrogen-bond donors (Lipinski definition) is 1. The SMILES string of the molecule is NCC1=[N+]2C=C(I)C=CC2C=N1. The van der Waals surface area contributed by atoms with Gasteiger partial charge >= 0.3 is 5.84 Å². The van der Waals surface area contributed by atoms with Crippen LogP contribution >= 0.6 is 22.6 Å². The second-order valence-electron chi connectivity index (χ2n) is 2.67. The molecule has 0 amide bonds. The summed E-state index contributed by atoms with van der Waals surface area (Å²) in [6.07, 6.45) is 8.19. The standard InChI is InChI=1S/C8H9IN3/c9-6-1-2-7-4-11-8(3-10)12(7)5-6/h1-2,4-5,7H,3,10H2/q+1. The topological polar surface area (TPSA) is 41.4 Å². The van der Waals surface area contributed by atoms with Gasteiger partial charge in [0.05, 0.1) is 10.1 Å². The van der Waals surface area contributed by atoms with E-state index in [-0.39, 0.29) is 0 Å². The Labute approximate surface area is 84.5 Å². The van der Waals surface area contributed by atoms with E-state index >= 15 is 0 Å². The Morgan fingerprint density at radius 1 is 1.67 bits per heavy atom. The maximum Gasteiger partial charge on any atom is 0.312 e. The van der Waals surface area contributed by atoms with E-state index in [0.717, 1.165) is 5.84 Å². The van der Waals surface area contributed by atoms with E-state index in [4.69, 9.17) is 5.73 Å². The molecule has 2 aliphatic heterocycles. The fourth-order valence-electron chi connectivity index (χ4n) is 1.30. The zero-order valence-corrected chi connectivity index (χ0v) is 8.60. The zero-order valence-electron chi connectivity index (χ0n) is 6.44. The maximum absolute atomic E-state index is 5.54. The van der Waals surface area contributed by atoms with E-state index < -0.39 is 0 Å². The summed E-state index contributed by atoms with van der Waals surface area (Å²) in [5.41, 5.74) is 5.54. The third kappa shape index (κ3) is 1.25. The lowest BCUT2D eigenvalue weighted by atomic mass is 10.2. The fourth-order valence-corrected chi connectivity index (χ4v) is 1.81. The van der Waals surface area contributed by atoms with Gasteiger partial charge in [-0.15, -0.1) is 0 Å². The number of nitrogens with two attached hydrogens (primary N) is 1. The number of amidine groups is 1. The van der Waals surface area contributed by atoms with Gasteiger partial charge in [-0.1, -0.05) is 4.99 Å². The number of allylic oxidation sites excluding steroid dienone is 2. The largest absolute Gasteiger partial charge is 0.320 e. The van der Waals surface area contributed by atoms with Crippen molar-refractivity contribution in [3.63, 3.8) is 0 Å². The lowest BCUT2D eigenvalue weighted by Crippen LogP contribution is -2.26. The first-order chi connectivity index (χ1) is 5.81. The van der Waals surface area contributed by atoms with Crippen LogP contribution in [0, 0.1) is 0 Å². The highest BCUT2D eigenvalue weighted by Gasteiger charge is 2.27. The average Bonchev–Trinajstić information content (AvgIpc) is 2.46. The number of fused-ring (bicyclic) bond motifs is 1. The molecule has 1 atom stereocenters. The van der Waals surface area contributed by atoms with Crippen LogP contribution in [0.1, 0.15) is 0 Å². The minimum atomic E-state index is 0.294. The molecule has 0 aromatic rings. The minimum absolute atomic E-state index is 0.294. The van der Waals surface area contributed by atoms with Gasteiger partial charge in [0.15, 0.2) is 12.3 Å². The van der Waals surface area contributed by atoms with E-state index in [1.807, 2.05) is 6.21 Å². The van der Waals surface area contributed by atoms with Crippen LogP contribution in [0.25, 0.3) is 0 Å². The second-order valence-corrected chi connectivity index (χ2v) is 3.92. The normalized spacial score (nSPS) is 26.2. The number of hydrogen-bond acceptors (Lipinski definition) is 2. The van der Waals surface area contributed by atoms with Gasteiger partial charge in [0.2, 0.25) is 0 Å². The first-order valence-corrected chi connectivity index (χ1v) is 4.83. The predicted molar refractivity (Wildman–Crippen MR) is 57.8 cm³/mol. The molecule has 0 saturated carbocycles. The van der Waals surface area contributed by atoms with E-state index in [1.54, 1.807) is 0 Å². The maximum atomic E-state index is 5.54. The molecule has 0 aromatic carbocycles. The van der Waals surface area contributed by atoms with Crippen LogP contribution in [0.3, 0.4) is 0 Å². The van der Waals surface area contributed by atoms with Gasteiger partial charge in [-0.25, -0.2) is 4.58 Å². The van der Waals surface area contributed by atoms with Gasteiger partial charge in [0, 0.05) is 0 Å². The molecular weight excluding hydrogens is 265 g/mol. The van der Waals surface area contributed by atoms with Gasteiger partial charge in [0.1, 0.15) is 6.20 Å². The van der Waals surface area contributed by atoms with Crippen molar-refractivity contribution in [2.24, 2.45) is 10.7 Å². The first-order valence-electron chi connectivity index (χ1n) is 3.75. The third-order valence-electron chi connectivity index (χ3n) is 1.89. The Kier molecular flexibility index (Phi) is 2.10. The molecular formula is C8H9IN3+. The van der Waals surface area contributed by atoms with Crippen molar-refractivity contribution in [2.45, 2.75) is 6.04 Å². The van der Waals surface area contributed by atoms with Gasteiger partial charge in [-0.2, -0.15) is 0 Å². The molecule has 2 rings (SSSR count). The molecule has 0 aromatic heterocycles. The predicted octanol–water partition coefficient (Wildman–Crippen LogP) is 0.655. The smallest absolute Gasteiger partial charge is 0.312 e. The minimum Gasteiger partial charge on any atom is -0.320 e. The number of aliphatic imine (C=N–C) groups is 1. The molecule has 0 radical (unpaired) electrons. The van der Waals surface area contributed by atoms with Crippen LogP contribution in [0.15, 0.2) is 26.9 Å². The van der Waals surface area contributed by atoms with E-state index in [2.05, 4.69) is 50.5 Å². The molecule has 0 saturated heterocycles.